The Bertz CT molecular complexity index is 706. The number of thiazole rings is 1. The van der Waals surface area contributed by atoms with Gasteiger partial charge in [0, 0.05) is 55.3 Å². The zero-order chi connectivity index (χ0) is 18.4. The van der Waals surface area contributed by atoms with Gasteiger partial charge in [-0.05, 0) is 24.3 Å². The lowest BCUT2D eigenvalue weighted by atomic mass is 9.91. The van der Waals surface area contributed by atoms with E-state index in [1.54, 1.807) is 22.7 Å². The maximum absolute atomic E-state index is 4.78. The molecule has 2 N–H and O–H groups in total. The van der Waals surface area contributed by atoms with Crippen LogP contribution in [0, 0.1) is 0 Å². The normalized spacial score (nSPS) is 14.9. The van der Waals surface area contributed by atoms with Crippen molar-refractivity contribution >= 4 is 57.7 Å². The number of rotatable bonds is 7. The van der Waals surface area contributed by atoms with Crippen LogP contribution in [0.15, 0.2) is 27.9 Å². The van der Waals surface area contributed by atoms with E-state index in [0.29, 0.717) is 0 Å². The second-order valence-electron chi connectivity index (χ2n) is 7.28. The zero-order valence-electron chi connectivity index (χ0n) is 16.3. The molecule has 0 amide bonds. The topological polar surface area (TPSA) is 52.6 Å². The predicted octanol–water partition coefficient (Wildman–Crippen LogP) is 4.11. The quantitative estimate of drug-likeness (QED) is 0.329. The Kier molecular flexibility index (Phi) is 8.81. The molecule has 3 rings (SSSR count). The summed E-state index contributed by atoms with van der Waals surface area (Å²) in [6.45, 7) is 8.51. The summed E-state index contributed by atoms with van der Waals surface area (Å²) in [5.41, 5.74) is 1.25. The number of nitrogens with one attached hydrogen (secondary N) is 2. The van der Waals surface area contributed by atoms with Gasteiger partial charge in [0.2, 0.25) is 0 Å². The molecular weight excluding hydrogens is 489 g/mol. The summed E-state index contributed by atoms with van der Waals surface area (Å²) in [6.07, 6.45) is 3.50. The van der Waals surface area contributed by atoms with Crippen molar-refractivity contribution in [2.24, 2.45) is 4.99 Å². The van der Waals surface area contributed by atoms with Crippen molar-refractivity contribution in [3.63, 3.8) is 0 Å². The van der Waals surface area contributed by atoms with Crippen molar-refractivity contribution in [2.45, 2.75) is 38.5 Å². The first-order chi connectivity index (χ1) is 12.6. The average Bonchev–Trinajstić information content (AvgIpc) is 3.39. The van der Waals surface area contributed by atoms with E-state index in [9.17, 15) is 0 Å². The van der Waals surface area contributed by atoms with Crippen LogP contribution in [0.4, 0.5) is 5.13 Å². The van der Waals surface area contributed by atoms with E-state index in [4.69, 9.17) is 4.98 Å². The fourth-order valence-electron chi connectivity index (χ4n) is 3.05. The lowest BCUT2D eigenvalue weighted by molar-refractivity contribution is 0.518. The molecule has 0 atom stereocenters. The van der Waals surface area contributed by atoms with Gasteiger partial charge >= 0.3 is 0 Å². The van der Waals surface area contributed by atoms with Crippen molar-refractivity contribution in [3.05, 3.63) is 33.5 Å². The lowest BCUT2D eigenvalue weighted by Gasteiger charge is -2.25. The van der Waals surface area contributed by atoms with Gasteiger partial charge in [0.25, 0.3) is 0 Å². The van der Waals surface area contributed by atoms with Crippen molar-refractivity contribution < 1.29 is 0 Å². The highest BCUT2D eigenvalue weighted by atomic mass is 127. The third-order valence-corrected chi connectivity index (χ3v) is 6.89. The summed E-state index contributed by atoms with van der Waals surface area (Å²) in [5.74, 6) is 0.852. The fourth-order valence-corrected chi connectivity index (χ4v) is 4.82. The van der Waals surface area contributed by atoms with Crippen molar-refractivity contribution in [3.8, 4) is 0 Å². The van der Waals surface area contributed by atoms with Crippen molar-refractivity contribution in [2.75, 3.05) is 38.1 Å². The maximum Gasteiger partial charge on any atom is 0.191 e. The SMILES string of the molecule is CN=C(NCCc1csc(N2CCCC2)n1)NCC(C)(C)c1cccs1.I. The molecule has 1 aliphatic rings. The molecule has 0 radical (unpaired) electrons. The molecule has 2 aromatic rings. The molecule has 5 nitrogen and oxygen atoms in total. The number of aliphatic imine (C=N–C) groups is 1. The van der Waals surface area contributed by atoms with E-state index in [0.717, 1.165) is 38.6 Å². The number of hydrogen-bond acceptors (Lipinski definition) is 5. The van der Waals surface area contributed by atoms with Crippen LogP contribution in [0.25, 0.3) is 0 Å². The Hall–Kier alpha value is -0.870. The van der Waals surface area contributed by atoms with Crippen LogP contribution in [0.5, 0.6) is 0 Å². The molecule has 1 saturated heterocycles. The van der Waals surface area contributed by atoms with Gasteiger partial charge in [-0.25, -0.2) is 4.98 Å². The van der Waals surface area contributed by atoms with E-state index in [2.05, 4.69) is 57.3 Å². The number of guanidine groups is 1. The van der Waals surface area contributed by atoms with Crippen molar-refractivity contribution in [1.82, 2.24) is 15.6 Å². The van der Waals surface area contributed by atoms with Crippen LogP contribution >= 0.6 is 46.7 Å². The first kappa shape index (κ1) is 22.4. The first-order valence-corrected chi connectivity index (χ1v) is 11.0. The minimum Gasteiger partial charge on any atom is -0.356 e. The number of aromatic nitrogens is 1. The molecule has 150 valence electrons. The lowest BCUT2D eigenvalue weighted by Crippen LogP contribution is -2.43. The van der Waals surface area contributed by atoms with Crippen LogP contribution in [0.2, 0.25) is 0 Å². The summed E-state index contributed by atoms with van der Waals surface area (Å²) < 4.78 is 0. The second-order valence-corrected chi connectivity index (χ2v) is 9.06. The molecule has 0 bridgehead atoms. The monoisotopic (exact) mass is 519 g/mol. The Labute approximate surface area is 187 Å². The summed E-state index contributed by atoms with van der Waals surface area (Å²) in [6, 6.07) is 4.31. The molecule has 1 fully saturated rings. The Morgan fingerprint density at radius 1 is 1.26 bits per heavy atom. The Morgan fingerprint density at radius 2 is 2.04 bits per heavy atom. The van der Waals surface area contributed by atoms with Crippen LogP contribution in [0.3, 0.4) is 0 Å². The van der Waals surface area contributed by atoms with E-state index in [1.807, 2.05) is 7.05 Å². The molecule has 0 saturated carbocycles. The Balaban J connectivity index is 0.00000261. The summed E-state index contributed by atoms with van der Waals surface area (Å²) in [5, 5.41) is 12.4. The number of halogens is 1. The van der Waals surface area contributed by atoms with E-state index < -0.39 is 0 Å². The standard InChI is InChI=1S/C19H29N5S2.HI/c1-19(2,16-7-6-12-25-16)14-22-17(20-3)21-9-8-15-13-26-18(23-15)24-10-4-5-11-24;/h6-7,12-13H,4-5,8-11,14H2,1-3H3,(H2,20,21,22);1H. The predicted molar refractivity (Wildman–Crippen MR) is 129 cm³/mol. The molecule has 2 aromatic heterocycles. The third-order valence-electron chi connectivity index (χ3n) is 4.70. The van der Waals surface area contributed by atoms with Gasteiger partial charge in [0.05, 0.1) is 5.69 Å². The van der Waals surface area contributed by atoms with E-state index in [-0.39, 0.29) is 29.4 Å². The van der Waals surface area contributed by atoms with Gasteiger partial charge in [-0.15, -0.1) is 46.7 Å². The fraction of sp³-hybridized carbons (Fsp3) is 0.579. The summed E-state index contributed by atoms with van der Waals surface area (Å²) >= 11 is 3.57. The van der Waals surface area contributed by atoms with Crippen LogP contribution in [-0.2, 0) is 11.8 Å². The molecule has 8 heteroatoms. The largest absolute Gasteiger partial charge is 0.356 e. The number of anilines is 1. The average molecular weight is 520 g/mol. The van der Waals surface area contributed by atoms with Gasteiger partial charge < -0.3 is 15.5 Å². The van der Waals surface area contributed by atoms with Crippen LogP contribution < -0.4 is 15.5 Å². The van der Waals surface area contributed by atoms with Crippen LogP contribution in [0.1, 0.15) is 37.3 Å². The minimum absolute atomic E-state index is 0. The summed E-state index contributed by atoms with van der Waals surface area (Å²) in [7, 11) is 1.82. The minimum atomic E-state index is 0. The van der Waals surface area contributed by atoms with E-state index in [1.165, 1.54) is 28.5 Å². The van der Waals surface area contributed by atoms with Gasteiger partial charge in [-0.1, -0.05) is 19.9 Å². The highest BCUT2D eigenvalue weighted by molar-refractivity contribution is 14.0. The number of nitrogens with zero attached hydrogens (tertiary/aromatic N) is 3. The molecule has 1 aliphatic heterocycles. The van der Waals surface area contributed by atoms with Crippen LogP contribution in [-0.4, -0.2) is 44.2 Å². The molecule has 0 unspecified atom stereocenters. The number of thiophene rings is 1. The summed E-state index contributed by atoms with van der Waals surface area (Å²) in [4.78, 5) is 12.9. The second kappa shape index (κ2) is 10.6. The molecular formula is C19H30IN5S2. The highest BCUT2D eigenvalue weighted by Crippen LogP contribution is 2.26. The van der Waals surface area contributed by atoms with Gasteiger partial charge in [0.1, 0.15) is 0 Å². The molecule has 0 aliphatic carbocycles. The zero-order valence-corrected chi connectivity index (χ0v) is 20.3. The highest BCUT2D eigenvalue weighted by Gasteiger charge is 2.22. The van der Waals surface area contributed by atoms with Gasteiger partial charge in [0.15, 0.2) is 11.1 Å². The molecule has 3 heterocycles. The van der Waals surface area contributed by atoms with Gasteiger partial charge in [-0.3, -0.25) is 4.99 Å². The Morgan fingerprint density at radius 3 is 2.70 bits per heavy atom. The third kappa shape index (κ3) is 6.32. The van der Waals surface area contributed by atoms with E-state index >= 15 is 0 Å². The number of hydrogen-bond donors (Lipinski definition) is 2. The van der Waals surface area contributed by atoms with Gasteiger partial charge in [-0.2, -0.15) is 0 Å². The van der Waals surface area contributed by atoms with Crippen molar-refractivity contribution in [1.29, 1.82) is 0 Å². The smallest absolute Gasteiger partial charge is 0.191 e. The molecule has 27 heavy (non-hydrogen) atoms. The molecule has 0 aromatic carbocycles. The molecule has 0 spiro atoms. The maximum atomic E-state index is 4.78. The first-order valence-electron chi connectivity index (χ1n) is 9.26.